The molecule has 1 aromatic carbocycles. The van der Waals surface area contributed by atoms with Crippen LogP contribution in [0.1, 0.15) is 18.4 Å². The fraction of sp³-hybridized carbons (Fsp3) is 0.273. The third-order valence-electron chi connectivity index (χ3n) is 1.90. The maximum atomic E-state index is 5.77. The molecule has 0 saturated heterocycles. The minimum absolute atomic E-state index is 0.797. The lowest BCUT2D eigenvalue weighted by Crippen LogP contribution is -1.72. The highest BCUT2D eigenvalue weighted by atomic mass is 35.5. The lowest BCUT2D eigenvalue weighted by molar-refractivity contribution is 0.959. The maximum absolute atomic E-state index is 5.77. The van der Waals surface area contributed by atoms with E-state index in [-0.39, 0.29) is 0 Å². The lowest BCUT2D eigenvalue weighted by atomic mass is 10.0. The van der Waals surface area contributed by atoms with Crippen molar-refractivity contribution in [2.45, 2.75) is 19.2 Å². The largest absolute Gasteiger partial charge is 0.101 e. The Morgan fingerprint density at radius 1 is 1.23 bits per heavy atom. The predicted octanol–water partition coefficient (Wildman–Crippen LogP) is 3.18. The molecule has 68 valence electrons. The van der Waals surface area contributed by atoms with E-state index in [4.69, 9.17) is 11.6 Å². The lowest BCUT2D eigenvalue weighted by Gasteiger charge is -1.93. The summed E-state index contributed by atoms with van der Waals surface area (Å²) in [6.45, 7) is 0. The summed E-state index contributed by atoms with van der Waals surface area (Å²) in [5.41, 5.74) is 1.22. The third-order valence-corrected chi connectivity index (χ3v) is 2.16. The molecule has 0 heterocycles. The second-order valence-corrected chi connectivity index (χ2v) is 3.53. The van der Waals surface area contributed by atoms with Gasteiger partial charge in [-0.25, -0.2) is 0 Å². The maximum Gasteiger partial charge on any atom is 0.101 e. The Morgan fingerprint density at radius 2 is 1.92 bits per heavy atom. The molecule has 0 spiro atoms. The molecule has 0 radical (unpaired) electrons. The Balaban J connectivity index is 2.44. The number of halogens is 1. The van der Waals surface area contributed by atoms with Crippen molar-refractivity contribution < 1.29 is 0 Å². The quantitative estimate of drug-likeness (QED) is 0.508. The first-order valence-electron chi connectivity index (χ1n) is 4.75. The zero-order chi connectivity index (χ0) is 9.52. The van der Waals surface area contributed by atoms with E-state index in [2.05, 4.69) is 20.0 Å². The van der Waals surface area contributed by atoms with Crippen molar-refractivity contribution in [1.29, 1.82) is 0 Å². The van der Waals surface area contributed by atoms with Crippen LogP contribution in [0, 0.1) is 0 Å². The highest BCUT2D eigenvalue weighted by Gasteiger charge is 1.86. The number of hydrogen-bond acceptors (Lipinski definition) is 0. The highest BCUT2D eigenvalue weighted by molar-refractivity contribution is 6.30. The summed E-state index contributed by atoms with van der Waals surface area (Å²) >= 11 is 5.77. The Labute approximate surface area is 86.0 Å². The summed E-state index contributed by atoms with van der Waals surface area (Å²) in [5, 5.41) is 0.797. The van der Waals surface area contributed by atoms with Gasteiger partial charge in [0.1, 0.15) is 7.85 Å². The van der Waals surface area contributed by atoms with Crippen LogP contribution in [-0.2, 0) is 0 Å². The minimum Gasteiger partial charge on any atom is -0.0843 e. The summed E-state index contributed by atoms with van der Waals surface area (Å²) in [6, 6.07) is 7.90. The van der Waals surface area contributed by atoms with E-state index in [1.165, 1.54) is 24.7 Å². The molecule has 0 fully saturated rings. The van der Waals surface area contributed by atoms with E-state index in [0.717, 1.165) is 5.02 Å². The number of unbranched alkanes of at least 4 members (excludes halogenated alkanes) is 1. The monoisotopic (exact) mass is 192 g/mol. The fourth-order valence-electron chi connectivity index (χ4n) is 1.12. The van der Waals surface area contributed by atoms with Gasteiger partial charge in [0.15, 0.2) is 0 Å². The van der Waals surface area contributed by atoms with Gasteiger partial charge in [-0.3, -0.25) is 0 Å². The molecule has 0 aliphatic heterocycles. The predicted molar refractivity (Wildman–Crippen MR) is 63.1 cm³/mol. The Kier molecular flexibility index (Phi) is 4.70. The molecular formula is C11H14BCl. The van der Waals surface area contributed by atoms with E-state index in [1.807, 2.05) is 24.3 Å². The SMILES string of the molecule is BCCC/C=C/c1ccc(Cl)cc1. The van der Waals surface area contributed by atoms with Crippen LogP contribution in [0.3, 0.4) is 0 Å². The molecule has 0 saturated carbocycles. The van der Waals surface area contributed by atoms with Crippen molar-refractivity contribution in [1.82, 2.24) is 0 Å². The molecule has 0 N–H and O–H groups in total. The van der Waals surface area contributed by atoms with Crippen LogP contribution in [0.25, 0.3) is 6.08 Å². The van der Waals surface area contributed by atoms with Gasteiger partial charge in [-0.1, -0.05) is 48.6 Å². The number of benzene rings is 1. The smallest absolute Gasteiger partial charge is 0.0843 e. The van der Waals surface area contributed by atoms with Gasteiger partial charge >= 0.3 is 0 Å². The first-order valence-corrected chi connectivity index (χ1v) is 5.13. The van der Waals surface area contributed by atoms with Crippen LogP contribution in [0.2, 0.25) is 11.3 Å². The van der Waals surface area contributed by atoms with Crippen molar-refractivity contribution in [2.75, 3.05) is 0 Å². The number of rotatable bonds is 4. The number of hydrogen-bond donors (Lipinski definition) is 0. The van der Waals surface area contributed by atoms with Gasteiger partial charge in [-0.05, 0) is 24.1 Å². The molecule has 13 heavy (non-hydrogen) atoms. The first kappa shape index (κ1) is 10.4. The first-order chi connectivity index (χ1) is 6.33. The summed E-state index contributed by atoms with van der Waals surface area (Å²) in [6.07, 6.45) is 8.05. The van der Waals surface area contributed by atoms with Crippen LogP contribution in [0.15, 0.2) is 30.3 Å². The molecular weight excluding hydrogens is 178 g/mol. The topological polar surface area (TPSA) is 0 Å². The van der Waals surface area contributed by atoms with Crippen LogP contribution in [0.4, 0.5) is 0 Å². The van der Waals surface area contributed by atoms with Gasteiger partial charge in [0.25, 0.3) is 0 Å². The molecule has 0 aliphatic rings. The van der Waals surface area contributed by atoms with Gasteiger partial charge in [0.2, 0.25) is 0 Å². The molecule has 0 unspecified atom stereocenters. The summed E-state index contributed by atoms with van der Waals surface area (Å²) in [5.74, 6) is 0. The van der Waals surface area contributed by atoms with Crippen molar-refractivity contribution >= 4 is 25.5 Å². The van der Waals surface area contributed by atoms with Gasteiger partial charge in [-0.2, -0.15) is 0 Å². The van der Waals surface area contributed by atoms with E-state index in [0.29, 0.717) is 0 Å². The second-order valence-electron chi connectivity index (χ2n) is 3.10. The van der Waals surface area contributed by atoms with Gasteiger partial charge in [-0.15, -0.1) is 0 Å². The zero-order valence-corrected chi connectivity index (χ0v) is 8.72. The van der Waals surface area contributed by atoms with Crippen molar-refractivity contribution in [3.63, 3.8) is 0 Å². The second kappa shape index (κ2) is 5.87. The van der Waals surface area contributed by atoms with Crippen molar-refractivity contribution in [3.8, 4) is 0 Å². The van der Waals surface area contributed by atoms with Gasteiger partial charge < -0.3 is 0 Å². The Bertz CT molecular complexity index is 264. The van der Waals surface area contributed by atoms with Crippen molar-refractivity contribution in [3.05, 3.63) is 40.9 Å². The molecule has 1 aromatic rings. The van der Waals surface area contributed by atoms with Crippen LogP contribution in [-0.4, -0.2) is 7.85 Å². The molecule has 0 amide bonds. The molecule has 1 rings (SSSR count). The highest BCUT2D eigenvalue weighted by Crippen LogP contribution is 2.11. The van der Waals surface area contributed by atoms with E-state index in [1.54, 1.807) is 0 Å². The van der Waals surface area contributed by atoms with E-state index < -0.39 is 0 Å². The minimum atomic E-state index is 0.797. The molecule has 0 nitrogen and oxygen atoms in total. The third kappa shape index (κ3) is 4.19. The summed E-state index contributed by atoms with van der Waals surface area (Å²) in [4.78, 5) is 0. The van der Waals surface area contributed by atoms with Crippen LogP contribution in [0.5, 0.6) is 0 Å². The van der Waals surface area contributed by atoms with Gasteiger partial charge in [0, 0.05) is 5.02 Å². The standard InChI is InChI=1S/C11H14BCl/c12-9-3-1-2-4-10-5-7-11(13)8-6-10/h2,4-8H,1,3,9,12H2/b4-2+. The molecule has 0 bridgehead atoms. The molecule has 0 aromatic heterocycles. The number of allylic oxidation sites excluding steroid dienone is 1. The Hall–Kier alpha value is -0.685. The van der Waals surface area contributed by atoms with Crippen LogP contribution < -0.4 is 0 Å². The average Bonchev–Trinajstić information content (AvgIpc) is 2.15. The average molecular weight is 192 g/mol. The normalized spacial score (nSPS) is 10.8. The molecule has 2 heteroatoms. The Morgan fingerprint density at radius 3 is 2.54 bits per heavy atom. The summed E-state index contributed by atoms with van der Waals surface area (Å²) < 4.78 is 0. The van der Waals surface area contributed by atoms with Crippen LogP contribution >= 0.6 is 11.6 Å². The zero-order valence-electron chi connectivity index (χ0n) is 7.96. The fourth-order valence-corrected chi connectivity index (χ4v) is 1.24. The van der Waals surface area contributed by atoms with Crippen molar-refractivity contribution in [2.24, 2.45) is 0 Å². The van der Waals surface area contributed by atoms with Gasteiger partial charge in [0.05, 0.1) is 0 Å². The van der Waals surface area contributed by atoms with E-state index in [9.17, 15) is 0 Å². The molecule has 0 atom stereocenters. The molecule has 0 aliphatic carbocycles. The van der Waals surface area contributed by atoms with E-state index >= 15 is 0 Å². The summed E-state index contributed by atoms with van der Waals surface area (Å²) in [7, 11) is 2.20.